The van der Waals surface area contributed by atoms with Crippen molar-refractivity contribution in [2.24, 2.45) is 0 Å². The molecule has 6 nitrogen and oxygen atoms in total. The standard InChI is InChI=1S/C20H20N4O2/c1-14(22-19-13-12-18(23-24-19)20(25)21-2)15-8-10-17(11-9-15)26-16-6-4-3-5-7-16/h3-14H,1-2H3,(H,21,25)(H,22,24). The zero-order valence-electron chi connectivity index (χ0n) is 14.6. The maximum absolute atomic E-state index is 11.5. The smallest absolute Gasteiger partial charge is 0.271 e. The number of benzene rings is 2. The van der Waals surface area contributed by atoms with E-state index >= 15 is 0 Å². The van der Waals surface area contributed by atoms with E-state index in [1.165, 1.54) is 0 Å². The molecule has 2 N–H and O–H groups in total. The second-order valence-electron chi connectivity index (χ2n) is 5.73. The van der Waals surface area contributed by atoms with Gasteiger partial charge in [0.2, 0.25) is 0 Å². The highest BCUT2D eigenvalue weighted by Crippen LogP contribution is 2.24. The average molecular weight is 348 g/mol. The van der Waals surface area contributed by atoms with Crippen molar-refractivity contribution in [2.45, 2.75) is 13.0 Å². The zero-order valence-corrected chi connectivity index (χ0v) is 14.6. The number of hydrogen-bond acceptors (Lipinski definition) is 5. The molecule has 0 fully saturated rings. The first kappa shape index (κ1) is 17.4. The molecule has 3 rings (SSSR count). The number of para-hydroxylation sites is 1. The van der Waals surface area contributed by atoms with E-state index in [2.05, 4.69) is 20.8 Å². The van der Waals surface area contributed by atoms with Crippen LogP contribution in [0.3, 0.4) is 0 Å². The molecule has 1 atom stereocenters. The topological polar surface area (TPSA) is 76.1 Å². The number of hydrogen-bond donors (Lipinski definition) is 2. The van der Waals surface area contributed by atoms with Crippen LogP contribution in [0.4, 0.5) is 5.82 Å². The molecule has 2 aromatic carbocycles. The highest BCUT2D eigenvalue weighted by Gasteiger charge is 2.09. The van der Waals surface area contributed by atoms with Crippen molar-refractivity contribution in [3.05, 3.63) is 78.0 Å². The van der Waals surface area contributed by atoms with Crippen molar-refractivity contribution in [3.63, 3.8) is 0 Å². The van der Waals surface area contributed by atoms with Crippen LogP contribution in [-0.4, -0.2) is 23.2 Å². The van der Waals surface area contributed by atoms with Gasteiger partial charge in [-0.05, 0) is 48.9 Å². The quantitative estimate of drug-likeness (QED) is 0.708. The fourth-order valence-electron chi connectivity index (χ4n) is 2.41. The summed E-state index contributed by atoms with van der Waals surface area (Å²) in [5.41, 5.74) is 1.37. The van der Waals surface area contributed by atoms with E-state index in [1.807, 2.05) is 61.5 Å². The monoisotopic (exact) mass is 348 g/mol. The highest BCUT2D eigenvalue weighted by molar-refractivity contribution is 5.91. The molecule has 1 heterocycles. The number of amides is 1. The molecule has 1 aromatic heterocycles. The van der Waals surface area contributed by atoms with Gasteiger partial charge in [-0.2, -0.15) is 0 Å². The molecule has 3 aromatic rings. The zero-order chi connectivity index (χ0) is 18.4. The number of carbonyl (C=O) groups is 1. The van der Waals surface area contributed by atoms with Crippen LogP contribution in [0, 0.1) is 0 Å². The van der Waals surface area contributed by atoms with Crippen molar-refractivity contribution in [3.8, 4) is 11.5 Å². The SMILES string of the molecule is CNC(=O)c1ccc(NC(C)c2ccc(Oc3ccccc3)cc2)nn1. The third kappa shape index (κ3) is 4.36. The van der Waals surface area contributed by atoms with E-state index < -0.39 is 0 Å². The summed E-state index contributed by atoms with van der Waals surface area (Å²) in [6.45, 7) is 2.03. The van der Waals surface area contributed by atoms with Crippen molar-refractivity contribution in [2.75, 3.05) is 12.4 Å². The molecule has 0 saturated heterocycles. The summed E-state index contributed by atoms with van der Waals surface area (Å²) in [7, 11) is 1.56. The predicted octanol–water partition coefficient (Wildman–Crippen LogP) is 3.80. The Bertz CT molecular complexity index is 849. The minimum Gasteiger partial charge on any atom is -0.457 e. The van der Waals surface area contributed by atoms with E-state index in [0.717, 1.165) is 17.1 Å². The number of nitrogens with one attached hydrogen (secondary N) is 2. The Morgan fingerprint density at radius 3 is 2.23 bits per heavy atom. The molecule has 0 bridgehead atoms. The van der Waals surface area contributed by atoms with E-state index in [-0.39, 0.29) is 17.6 Å². The molecule has 26 heavy (non-hydrogen) atoms. The van der Waals surface area contributed by atoms with E-state index in [9.17, 15) is 4.79 Å². The summed E-state index contributed by atoms with van der Waals surface area (Å²) in [6, 6.07) is 20.9. The molecule has 0 spiro atoms. The van der Waals surface area contributed by atoms with Gasteiger partial charge in [0.05, 0.1) is 6.04 Å². The van der Waals surface area contributed by atoms with Crippen LogP contribution in [0.25, 0.3) is 0 Å². The Morgan fingerprint density at radius 2 is 1.62 bits per heavy atom. The molecule has 132 valence electrons. The predicted molar refractivity (Wildman–Crippen MR) is 100 cm³/mol. The lowest BCUT2D eigenvalue weighted by Gasteiger charge is -2.15. The maximum Gasteiger partial charge on any atom is 0.271 e. The molecule has 1 unspecified atom stereocenters. The van der Waals surface area contributed by atoms with Gasteiger partial charge in [0.15, 0.2) is 5.69 Å². The Hall–Kier alpha value is -3.41. The van der Waals surface area contributed by atoms with Crippen LogP contribution in [0.1, 0.15) is 29.0 Å². The number of rotatable bonds is 6. The summed E-state index contributed by atoms with van der Waals surface area (Å²) in [5.74, 6) is 1.93. The summed E-state index contributed by atoms with van der Waals surface area (Å²) in [4.78, 5) is 11.5. The summed E-state index contributed by atoms with van der Waals surface area (Å²) < 4.78 is 5.80. The summed E-state index contributed by atoms with van der Waals surface area (Å²) in [6.07, 6.45) is 0. The fraction of sp³-hybridized carbons (Fsp3) is 0.150. The Labute approximate surface area is 152 Å². The Balaban J connectivity index is 1.62. The number of aromatic nitrogens is 2. The minimum absolute atomic E-state index is 0.0286. The average Bonchev–Trinajstić information content (AvgIpc) is 2.69. The van der Waals surface area contributed by atoms with E-state index in [4.69, 9.17) is 4.74 Å². The van der Waals surface area contributed by atoms with Crippen LogP contribution >= 0.6 is 0 Å². The summed E-state index contributed by atoms with van der Waals surface area (Å²) >= 11 is 0. The Morgan fingerprint density at radius 1 is 0.923 bits per heavy atom. The Kier molecular flexibility index (Phi) is 5.43. The van der Waals surface area contributed by atoms with E-state index in [1.54, 1.807) is 19.2 Å². The lowest BCUT2D eigenvalue weighted by Crippen LogP contribution is -2.20. The van der Waals surface area contributed by atoms with Gasteiger partial charge >= 0.3 is 0 Å². The van der Waals surface area contributed by atoms with Crippen molar-refractivity contribution in [1.29, 1.82) is 0 Å². The van der Waals surface area contributed by atoms with Crippen LogP contribution < -0.4 is 15.4 Å². The largest absolute Gasteiger partial charge is 0.457 e. The first-order valence-electron chi connectivity index (χ1n) is 8.31. The molecule has 1 amide bonds. The van der Waals surface area contributed by atoms with E-state index in [0.29, 0.717) is 5.82 Å². The lowest BCUT2D eigenvalue weighted by atomic mass is 10.1. The van der Waals surface area contributed by atoms with Crippen molar-refractivity contribution in [1.82, 2.24) is 15.5 Å². The third-order valence-electron chi connectivity index (χ3n) is 3.85. The van der Waals surface area contributed by atoms with Crippen molar-refractivity contribution >= 4 is 11.7 Å². The van der Waals surface area contributed by atoms with Crippen LogP contribution in [0.15, 0.2) is 66.7 Å². The van der Waals surface area contributed by atoms with Gasteiger partial charge in [-0.15, -0.1) is 10.2 Å². The second kappa shape index (κ2) is 8.11. The first-order valence-corrected chi connectivity index (χ1v) is 8.31. The van der Waals surface area contributed by atoms with Gasteiger partial charge in [0, 0.05) is 7.05 Å². The first-order chi connectivity index (χ1) is 12.7. The highest BCUT2D eigenvalue weighted by atomic mass is 16.5. The van der Waals surface area contributed by atoms with Gasteiger partial charge in [-0.3, -0.25) is 4.79 Å². The maximum atomic E-state index is 11.5. The van der Waals surface area contributed by atoms with Gasteiger partial charge in [-0.1, -0.05) is 30.3 Å². The normalized spacial score (nSPS) is 11.5. The number of nitrogens with zero attached hydrogens (tertiary/aromatic N) is 2. The molecule has 6 heteroatoms. The minimum atomic E-state index is -0.258. The molecule has 0 aliphatic carbocycles. The number of carbonyl (C=O) groups excluding carboxylic acids is 1. The number of anilines is 1. The molecule has 0 radical (unpaired) electrons. The van der Waals surface area contributed by atoms with Crippen LogP contribution in [0.2, 0.25) is 0 Å². The van der Waals surface area contributed by atoms with Gasteiger partial charge < -0.3 is 15.4 Å². The van der Waals surface area contributed by atoms with Crippen molar-refractivity contribution < 1.29 is 9.53 Å². The molecular formula is C20H20N4O2. The second-order valence-corrected chi connectivity index (χ2v) is 5.73. The van der Waals surface area contributed by atoms with Gasteiger partial charge in [-0.25, -0.2) is 0 Å². The van der Waals surface area contributed by atoms with Crippen LogP contribution in [-0.2, 0) is 0 Å². The fourth-order valence-corrected chi connectivity index (χ4v) is 2.41. The molecule has 0 aliphatic heterocycles. The third-order valence-corrected chi connectivity index (χ3v) is 3.85. The molecule has 0 saturated carbocycles. The number of ether oxygens (including phenoxy) is 1. The molecular weight excluding hydrogens is 328 g/mol. The van der Waals surface area contributed by atoms with Crippen LogP contribution in [0.5, 0.6) is 11.5 Å². The van der Waals surface area contributed by atoms with Gasteiger partial charge in [0.25, 0.3) is 5.91 Å². The summed E-state index contributed by atoms with van der Waals surface area (Å²) in [5, 5.41) is 13.7. The lowest BCUT2D eigenvalue weighted by molar-refractivity contribution is 0.0957. The molecule has 0 aliphatic rings. The van der Waals surface area contributed by atoms with Gasteiger partial charge in [0.1, 0.15) is 17.3 Å².